The summed E-state index contributed by atoms with van der Waals surface area (Å²) in [6.45, 7) is 0. The molecule has 1 heterocycles. The van der Waals surface area contributed by atoms with Crippen LogP contribution in [0.25, 0.3) is 0 Å². The number of hydrogen-bond donors (Lipinski definition) is 0. The average Bonchev–Trinajstić information content (AvgIpc) is 3.24. The molecular formula is C16H18FN3O4S. The molecule has 25 heavy (non-hydrogen) atoms. The highest BCUT2D eigenvalue weighted by molar-refractivity contribution is 7.92. The highest BCUT2D eigenvalue weighted by atomic mass is 32.2. The lowest BCUT2D eigenvalue weighted by atomic mass is 10.0. The van der Waals surface area contributed by atoms with E-state index in [2.05, 4.69) is 10.1 Å². The van der Waals surface area contributed by atoms with Gasteiger partial charge in [-0.2, -0.15) is 4.98 Å². The Morgan fingerprint density at radius 1 is 1.28 bits per heavy atom. The highest BCUT2D eigenvalue weighted by Crippen LogP contribution is 2.48. The zero-order valence-electron chi connectivity index (χ0n) is 13.8. The Kier molecular flexibility index (Phi) is 4.36. The third-order valence-electron chi connectivity index (χ3n) is 4.32. The van der Waals surface area contributed by atoms with Crippen LogP contribution in [0.5, 0.6) is 0 Å². The van der Waals surface area contributed by atoms with Gasteiger partial charge in [-0.1, -0.05) is 18.2 Å². The summed E-state index contributed by atoms with van der Waals surface area (Å²) in [4.78, 5) is 16.9. The average molecular weight is 367 g/mol. The van der Waals surface area contributed by atoms with Crippen molar-refractivity contribution in [2.75, 3.05) is 19.0 Å². The molecule has 1 aromatic carbocycles. The fraction of sp³-hybridized carbons (Fsp3) is 0.438. The molecule has 0 saturated heterocycles. The Bertz CT molecular complexity index is 882. The van der Waals surface area contributed by atoms with Crippen molar-refractivity contribution in [1.29, 1.82) is 0 Å². The van der Waals surface area contributed by atoms with E-state index in [1.807, 2.05) is 0 Å². The first-order valence-electron chi connectivity index (χ1n) is 7.78. The van der Waals surface area contributed by atoms with E-state index in [0.717, 1.165) is 0 Å². The number of Topliss-reactive ketones (excluding diaryl/α,β-unsaturated/α-hetero) is 1. The minimum Gasteiger partial charge on any atom is -0.344 e. The molecule has 2 atom stereocenters. The number of benzene rings is 1. The summed E-state index contributed by atoms with van der Waals surface area (Å²) >= 11 is 0. The maximum absolute atomic E-state index is 16.2. The second-order valence-electron chi connectivity index (χ2n) is 6.23. The number of anilines is 1. The number of sulfone groups is 1. The van der Waals surface area contributed by atoms with Crippen LogP contribution in [0.1, 0.15) is 25.2 Å². The van der Waals surface area contributed by atoms with Gasteiger partial charge in [0, 0.05) is 32.9 Å². The van der Waals surface area contributed by atoms with Gasteiger partial charge in [0.05, 0.1) is 4.90 Å². The zero-order valence-corrected chi connectivity index (χ0v) is 14.7. The monoisotopic (exact) mass is 367 g/mol. The van der Waals surface area contributed by atoms with Crippen molar-refractivity contribution in [2.45, 2.75) is 29.2 Å². The van der Waals surface area contributed by atoms with Gasteiger partial charge in [0.2, 0.25) is 9.84 Å². The summed E-state index contributed by atoms with van der Waals surface area (Å²) in [6, 6.07) is 7.26. The smallest absolute Gasteiger partial charge is 0.295 e. The van der Waals surface area contributed by atoms with E-state index in [0.29, 0.717) is 0 Å². The normalized spacial score (nSPS) is 20.4. The third-order valence-corrected chi connectivity index (χ3v) is 6.51. The molecule has 1 aromatic heterocycles. The summed E-state index contributed by atoms with van der Waals surface area (Å²) in [6.07, 6.45) is 0.0681. The molecule has 0 radical (unpaired) electrons. The molecule has 1 fully saturated rings. The molecule has 0 spiro atoms. The van der Waals surface area contributed by atoms with Gasteiger partial charge >= 0.3 is 0 Å². The molecule has 9 heteroatoms. The van der Waals surface area contributed by atoms with Gasteiger partial charge in [-0.15, -0.1) is 0 Å². The molecule has 0 N–H and O–H groups in total. The van der Waals surface area contributed by atoms with E-state index < -0.39 is 26.6 Å². The topological polar surface area (TPSA) is 93.4 Å². The molecule has 0 aliphatic heterocycles. The largest absolute Gasteiger partial charge is 0.344 e. The van der Waals surface area contributed by atoms with Gasteiger partial charge in [0.1, 0.15) is 5.78 Å². The Hall–Kier alpha value is -2.29. The second-order valence-corrected chi connectivity index (χ2v) is 8.31. The van der Waals surface area contributed by atoms with Gasteiger partial charge < -0.3 is 9.42 Å². The van der Waals surface area contributed by atoms with E-state index in [9.17, 15) is 13.2 Å². The van der Waals surface area contributed by atoms with E-state index in [1.165, 1.54) is 29.2 Å². The summed E-state index contributed by atoms with van der Waals surface area (Å²) in [7, 11) is -1.26. The van der Waals surface area contributed by atoms with E-state index in [4.69, 9.17) is 4.52 Å². The number of halogens is 1. The molecule has 1 aliphatic carbocycles. The number of aromatic nitrogens is 2. The van der Waals surface area contributed by atoms with Crippen molar-refractivity contribution < 1.29 is 22.1 Å². The molecule has 1 saturated carbocycles. The standard InChI is InChI=1S/C16H18FN3O4S/c1-20(2)15-18-14(24-19-15)16(17,11-8-9-12(21)10-11)25(22,23)13-6-4-3-5-7-13/h3-7,11H,8-10H2,1-2H3/t11-,16?/m0/s1. The van der Waals surface area contributed by atoms with Crippen LogP contribution in [-0.2, 0) is 19.6 Å². The Labute approximate surface area is 144 Å². The Morgan fingerprint density at radius 2 is 1.96 bits per heavy atom. The molecule has 0 bridgehead atoms. The Balaban J connectivity index is 2.17. The van der Waals surface area contributed by atoms with Crippen LogP contribution in [-0.4, -0.2) is 38.4 Å². The number of rotatable bonds is 5. The van der Waals surface area contributed by atoms with Crippen molar-refractivity contribution in [3.63, 3.8) is 0 Å². The summed E-state index contributed by atoms with van der Waals surface area (Å²) in [5.74, 6) is -1.83. The lowest BCUT2D eigenvalue weighted by molar-refractivity contribution is -0.117. The van der Waals surface area contributed by atoms with Crippen molar-refractivity contribution in [3.05, 3.63) is 36.2 Å². The summed E-state index contributed by atoms with van der Waals surface area (Å²) in [5, 5.41) is 0.673. The lowest BCUT2D eigenvalue weighted by Crippen LogP contribution is -2.38. The minimum absolute atomic E-state index is 0.0598. The van der Waals surface area contributed by atoms with E-state index in [1.54, 1.807) is 20.2 Å². The highest BCUT2D eigenvalue weighted by Gasteiger charge is 2.59. The number of ketones is 1. The van der Waals surface area contributed by atoms with Gasteiger partial charge in [-0.25, -0.2) is 12.8 Å². The van der Waals surface area contributed by atoms with Crippen LogP contribution in [0.2, 0.25) is 0 Å². The first-order valence-corrected chi connectivity index (χ1v) is 9.27. The van der Waals surface area contributed by atoms with Crippen molar-refractivity contribution in [1.82, 2.24) is 10.1 Å². The molecule has 0 amide bonds. The number of carbonyl (C=O) groups excluding carboxylic acids is 1. The molecule has 1 unspecified atom stereocenters. The van der Waals surface area contributed by atoms with Crippen LogP contribution in [0, 0.1) is 5.92 Å². The van der Waals surface area contributed by atoms with Crippen molar-refractivity contribution in [2.24, 2.45) is 5.92 Å². The van der Waals surface area contributed by atoms with E-state index >= 15 is 4.39 Å². The van der Waals surface area contributed by atoms with Crippen LogP contribution in [0.15, 0.2) is 39.8 Å². The zero-order chi connectivity index (χ0) is 18.2. The van der Waals surface area contributed by atoms with Crippen LogP contribution >= 0.6 is 0 Å². The molecule has 7 nitrogen and oxygen atoms in total. The van der Waals surface area contributed by atoms with Gasteiger partial charge in [-0.3, -0.25) is 4.79 Å². The van der Waals surface area contributed by atoms with E-state index in [-0.39, 0.29) is 35.9 Å². The summed E-state index contributed by atoms with van der Waals surface area (Å²) < 4.78 is 47.4. The predicted octanol–water partition coefficient (Wildman–Crippen LogP) is 2.10. The summed E-state index contributed by atoms with van der Waals surface area (Å²) in [5.41, 5.74) is 0. The molecular weight excluding hydrogens is 349 g/mol. The predicted molar refractivity (Wildman–Crippen MR) is 87.4 cm³/mol. The number of nitrogens with zero attached hydrogens (tertiary/aromatic N) is 3. The van der Waals surface area contributed by atoms with Crippen LogP contribution < -0.4 is 4.90 Å². The van der Waals surface area contributed by atoms with Crippen molar-refractivity contribution in [3.8, 4) is 0 Å². The SMILES string of the molecule is CN(C)c1noc(C(F)([C@H]2CCC(=O)C2)S(=O)(=O)c2ccccc2)n1. The van der Waals surface area contributed by atoms with Gasteiger partial charge in [-0.05, 0) is 23.7 Å². The minimum atomic E-state index is -4.51. The maximum Gasteiger partial charge on any atom is 0.295 e. The first kappa shape index (κ1) is 17.5. The molecule has 1 aliphatic rings. The number of hydrogen-bond acceptors (Lipinski definition) is 7. The van der Waals surface area contributed by atoms with Crippen LogP contribution in [0.3, 0.4) is 0 Å². The second kappa shape index (κ2) is 6.21. The van der Waals surface area contributed by atoms with Gasteiger partial charge in [0.25, 0.3) is 16.8 Å². The lowest BCUT2D eigenvalue weighted by Gasteiger charge is -2.27. The number of alkyl halides is 1. The Morgan fingerprint density at radius 3 is 2.48 bits per heavy atom. The first-order chi connectivity index (χ1) is 11.8. The molecule has 2 aromatic rings. The van der Waals surface area contributed by atoms with Crippen molar-refractivity contribution >= 4 is 21.6 Å². The fourth-order valence-corrected chi connectivity index (χ4v) is 4.76. The van der Waals surface area contributed by atoms with Crippen LogP contribution in [0.4, 0.5) is 10.3 Å². The maximum atomic E-state index is 16.2. The fourth-order valence-electron chi connectivity index (χ4n) is 2.95. The molecule has 134 valence electrons. The molecule has 3 rings (SSSR count). The van der Waals surface area contributed by atoms with Gasteiger partial charge in [0.15, 0.2) is 0 Å². The quantitative estimate of drug-likeness (QED) is 0.799. The number of carbonyl (C=O) groups is 1. The third kappa shape index (κ3) is 2.82.